The van der Waals surface area contributed by atoms with Crippen LogP contribution < -0.4 is 10.6 Å². The van der Waals surface area contributed by atoms with Gasteiger partial charge >= 0.3 is 0 Å². The van der Waals surface area contributed by atoms with Crippen molar-refractivity contribution in [1.82, 2.24) is 19.6 Å². The van der Waals surface area contributed by atoms with Crippen LogP contribution in [-0.2, 0) is 0 Å². The van der Waals surface area contributed by atoms with Gasteiger partial charge in [-0.1, -0.05) is 0 Å². The summed E-state index contributed by atoms with van der Waals surface area (Å²) in [5.41, 5.74) is 6.71. The molecule has 0 aliphatic carbocycles. The van der Waals surface area contributed by atoms with Crippen LogP contribution in [0.2, 0.25) is 0 Å². The Hall–Kier alpha value is -2.57. The van der Waals surface area contributed by atoms with Gasteiger partial charge in [0.15, 0.2) is 11.4 Å². The first kappa shape index (κ1) is 12.2. The second-order valence-corrected chi connectivity index (χ2v) is 5.20. The Balaban J connectivity index is 1.78. The summed E-state index contributed by atoms with van der Waals surface area (Å²) < 4.78 is 6.87. The van der Waals surface area contributed by atoms with Crippen LogP contribution in [0.5, 0.6) is 0 Å². The molecular weight excluding hydrogens is 268 g/mol. The Morgan fingerprint density at radius 2 is 2.00 bits per heavy atom. The summed E-state index contributed by atoms with van der Waals surface area (Å²) >= 11 is 0. The lowest BCUT2D eigenvalue weighted by Crippen LogP contribution is -2.30. The number of hydrogen-bond donors (Lipinski definition) is 1. The van der Waals surface area contributed by atoms with Gasteiger partial charge in [0.05, 0.1) is 6.26 Å². The molecule has 1 fully saturated rings. The monoisotopic (exact) mass is 284 g/mol. The number of piperidine rings is 1. The zero-order valence-corrected chi connectivity index (χ0v) is 11.6. The fourth-order valence-corrected chi connectivity index (χ4v) is 2.69. The molecule has 21 heavy (non-hydrogen) atoms. The quantitative estimate of drug-likeness (QED) is 0.774. The molecule has 0 saturated carbocycles. The zero-order valence-electron chi connectivity index (χ0n) is 11.6. The van der Waals surface area contributed by atoms with Crippen molar-refractivity contribution in [2.45, 2.75) is 19.3 Å². The van der Waals surface area contributed by atoms with Crippen molar-refractivity contribution in [3.8, 4) is 11.6 Å². The molecule has 0 spiro atoms. The summed E-state index contributed by atoms with van der Waals surface area (Å²) in [6, 6.07) is 5.56. The van der Waals surface area contributed by atoms with Gasteiger partial charge in [-0.3, -0.25) is 0 Å². The summed E-state index contributed by atoms with van der Waals surface area (Å²) in [6.45, 7) is 2.03. The second-order valence-electron chi connectivity index (χ2n) is 5.20. The van der Waals surface area contributed by atoms with Gasteiger partial charge in [-0.25, -0.2) is 4.98 Å². The van der Waals surface area contributed by atoms with E-state index < -0.39 is 0 Å². The molecule has 0 unspecified atom stereocenters. The van der Waals surface area contributed by atoms with Crippen molar-refractivity contribution >= 4 is 17.4 Å². The minimum Gasteiger partial charge on any atom is -0.461 e. The van der Waals surface area contributed by atoms with Crippen molar-refractivity contribution in [3.63, 3.8) is 0 Å². The number of anilines is 2. The topological polar surface area (TPSA) is 85.5 Å². The van der Waals surface area contributed by atoms with Crippen molar-refractivity contribution < 1.29 is 4.42 Å². The van der Waals surface area contributed by atoms with Crippen LogP contribution in [-0.4, -0.2) is 32.7 Å². The van der Waals surface area contributed by atoms with Crippen LogP contribution in [0.15, 0.2) is 28.9 Å². The van der Waals surface area contributed by atoms with Gasteiger partial charge < -0.3 is 15.1 Å². The molecule has 1 aliphatic rings. The first-order chi connectivity index (χ1) is 10.3. The highest BCUT2D eigenvalue weighted by Gasteiger charge is 2.17. The van der Waals surface area contributed by atoms with Gasteiger partial charge in [0.1, 0.15) is 5.82 Å². The lowest BCUT2D eigenvalue weighted by molar-refractivity contribution is 0.573. The highest BCUT2D eigenvalue weighted by Crippen LogP contribution is 2.23. The molecule has 4 heterocycles. The van der Waals surface area contributed by atoms with Gasteiger partial charge in [-0.15, -0.1) is 5.10 Å². The normalized spacial score (nSPS) is 15.7. The van der Waals surface area contributed by atoms with E-state index in [1.807, 2.05) is 18.2 Å². The van der Waals surface area contributed by atoms with E-state index in [0.717, 1.165) is 18.9 Å². The minimum atomic E-state index is 0.346. The van der Waals surface area contributed by atoms with E-state index in [1.165, 1.54) is 19.3 Å². The lowest BCUT2D eigenvalue weighted by atomic mass is 10.1. The Labute approximate surface area is 121 Å². The highest BCUT2D eigenvalue weighted by atomic mass is 16.3. The predicted molar refractivity (Wildman–Crippen MR) is 79.0 cm³/mol. The molecule has 0 atom stereocenters. The molecule has 0 amide bonds. The third kappa shape index (κ3) is 2.10. The van der Waals surface area contributed by atoms with Gasteiger partial charge in [0, 0.05) is 19.2 Å². The van der Waals surface area contributed by atoms with E-state index in [2.05, 4.69) is 20.0 Å². The summed E-state index contributed by atoms with van der Waals surface area (Å²) in [6.07, 6.45) is 5.26. The molecule has 1 aliphatic heterocycles. The number of rotatable bonds is 2. The molecule has 2 N–H and O–H groups in total. The number of nitrogen functional groups attached to an aromatic ring is 1. The van der Waals surface area contributed by atoms with Crippen LogP contribution in [0.25, 0.3) is 17.2 Å². The number of fused-ring (bicyclic) bond motifs is 1. The lowest BCUT2D eigenvalue weighted by Gasteiger charge is -2.27. The van der Waals surface area contributed by atoms with Crippen molar-refractivity contribution in [2.24, 2.45) is 0 Å². The second kappa shape index (κ2) is 4.76. The molecule has 1 saturated heterocycles. The third-order valence-electron chi connectivity index (χ3n) is 3.76. The van der Waals surface area contributed by atoms with E-state index in [4.69, 9.17) is 10.2 Å². The number of nitrogens with two attached hydrogens (primary N) is 1. The number of aromatic nitrogens is 4. The molecule has 4 rings (SSSR count). The zero-order chi connectivity index (χ0) is 14.2. The van der Waals surface area contributed by atoms with E-state index in [-0.39, 0.29) is 0 Å². The van der Waals surface area contributed by atoms with Crippen LogP contribution in [0.1, 0.15) is 19.3 Å². The summed E-state index contributed by atoms with van der Waals surface area (Å²) in [4.78, 5) is 11.2. The Morgan fingerprint density at radius 3 is 2.76 bits per heavy atom. The fourth-order valence-electron chi connectivity index (χ4n) is 2.69. The molecule has 0 radical (unpaired) electrons. The van der Waals surface area contributed by atoms with Crippen molar-refractivity contribution in [2.75, 3.05) is 23.7 Å². The molecule has 0 bridgehead atoms. The molecule has 7 heteroatoms. The van der Waals surface area contributed by atoms with Gasteiger partial charge in [0.2, 0.25) is 11.8 Å². The van der Waals surface area contributed by atoms with Gasteiger partial charge in [-0.05, 0) is 31.4 Å². The van der Waals surface area contributed by atoms with Crippen LogP contribution in [0.3, 0.4) is 0 Å². The average molecular weight is 284 g/mol. The Kier molecular flexibility index (Phi) is 2.77. The number of nitrogens with zero attached hydrogens (tertiary/aromatic N) is 5. The molecule has 108 valence electrons. The van der Waals surface area contributed by atoms with Gasteiger partial charge in [-0.2, -0.15) is 9.50 Å². The molecule has 3 aromatic rings. The Morgan fingerprint density at radius 1 is 1.14 bits per heavy atom. The summed E-state index contributed by atoms with van der Waals surface area (Å²) in [7, 11) is 0. The smallest absolute Gasteiger partial charge is 0.225 e. The van der Waals surface area contributed by atoms with E-state index in [0.29, 0.717) is 23.2 Å². The maximum atomic E-state index is 6.02. The highest BCUT2D eigenvalue weighted by molar-refractivity contribution is 5.59. The van der Waals surface area contributed by atoms with Crippen LogP contribution in [0.4, 0.5) is 11.8 Å². The SMILES string of the molecule is Nc1nc(N2CCCCC2)cc2nc(-c3ccco3)nn12. The first-order valence-electron chi connectivity index (χ1n) is 7.13. The van der Waals surface area contributed by atoms with Crippen LogP contribution >= 0.6 is 0 Å². The summed E-state index contributed by atoms with van der Waals surface area (Å²) in [5, 5.41) is 4.35. The maximum Gasteiger partial charge on any atom is 0.225 e. The number of furan rings is 1. The van der Waals surface area contributed by atoms with Crippen LogP contribution in [0, 0.1) is 0 Å². The fraction of sp³-hybridized carbons (Fsp3) is 0.357. The van der Waals surface area contributed by atoms with E-state index in [1.54, 1.807) is 10.8 Å². The first-order valence-corrected chi connectivity index (χ1v) is 7.13. The molecule has 7 nitrogen and oxygen atoms in total. The number of hydrogen-bond acceptors (Lipinski definition) is 6. The largest absolute Gasteiger partial charge is 0.461 e. The van der Waals surface area contributed by atoms with E-state index in [9.17, 15) is 0 Å². The van der Waals surface area contributed by atoms with Gasteiger partial charge in [0.25, 0.3) is 0 Å². The third-order valence-corrected chi connectivity index (χ3v) is 3.76. The summed E-state index contributed by atoms with van der Waals surface area (Å²) in [5.74, 6) is 2.36. The molecule has 0 aromatic carbocycles. The molecule has 3 aromatic heterocycles. The van der Waals surface area contributed by atoms with Crippen molar-refractivity contribution in [3.05, 3.63) is 24.5 Å². The standard InChI is InChI=1S/C14H16N6O/c15-14-17-11(19-6-2-1-3-7-19)9-12-16-13(18-20(12)14)10-5-4-8-21-10/h4-5,8-9H,1-3,6-7H2,(H2,15,17). The Bertz CT molecular complexity index is 757. The minimum absolute atomic E-state index is 0.346. The average Bonchev–Trinajstić information content (AvgIpc) is 3.17. The maximum absolute atomic E-state index is 6.02. The van der Waals surface area contributed by atoms with Crippen molar-refractivity contribution in [1.29, 1.82) is 0 Å². The molecular formula is C14H16N6O. The van der Waals surface area contributed by atoms with E-state index >= 15 is 0 Å². The predicted octanol–water partition coefficient (Wildman–Crippen LogP) is 1.96.